The number of thioether (sulfide) groups is 1. The second kappa shape index (κ2) is 6.33. The molecule has 1 amide bonds. The van der Waals surface area contributed by atoms with Crippen LogP contribution in [0.25, 0.3) is 10.8 Å². The van der Waals surface area contributed by atoms with Crippen molar-refractivity contribution in [3.8, 4) is 0 Å². The molecule has 0 saturated carbocycles. The van der Waals surface area contributed by atoms with E-state index >= 15 is 0 Å². The molecule has 0 unspecified atom stereocenters. The first-order valence-corrected chi connectivity index (χ1v) is 9.15. The van der Waals surface area contributed by atoms with Crippen LogP contribution in [-0.2, 0) is 11.3 Å². The maximum Gasteiger partial charge on any atom is 0.236 e. The van der Waals surface area contributed by atoms with E-state index in [0.717, 1.165) is 0 Å². The van der Waals surface area contributed by atoms with Crippen LogP contribution in [0.5, 0.6) is 0 Å². The van der Waals surface area contributed by atoms with Gasteiger partial charge in [-0.3, -0.25) is 4.79 Å². The summed E-state index contributed by atoms with van der Waals surface area (Å²) in [5, 5.41) is 2.56. The smallest absolute Gasteiger partial charge is 0.236 e. The summed E-state index contributed by atoms with van der Waals surface area (Å²) in [6.45, 7) is 2.66. The van der Waals surface area contributed by atoms with Crippen LogP contribution in [0.2, 0.25) is 0 Å². The molecule has 0 spiro atoms. The van der Waals surface area contributed by atoms with Crippen molar-refractivity contribution in [2.75, 3.05) is 0 Å². The first-order chi connectivity index (χ1) is 11.7. The third-order valence-electron chi connectivity index (χ3n) is 4.50. The highest BCUT2D eigenvalue weighted by Gasteiger charge is 2.38. The van der Waals surface area contributed by atoms with Crippen LogP contribution in [-0.4, -0.2) is 16.1 Å². The van der Waals surface area contributed by atoms with Gasteiger partial charge in [0.05, 0.1) is 5.25 Å². The largest absolute Gasteiger partial charge is 0.321 e. The lowest BCUT2D eigenvalue weighted by Gasteiger charge is -2.24. The molecule has 0 bridgehead atoms. The quantitative estimate of drug-likeness (QED) is 0.672. The molecule has 4 rings (SSSR count). The van der Waals surface area contributed by atoms with Crippen LogP contribution < -0.4 is 0 Å². The highest BCUT2D eigenvalue weighted by Crippen LogP contribution is 2.43. The van der Waals surface area contributed by atoms with Gasteiger partial charge in [0.15, 0.2) is 0 Å². The van der Waals surface area contributed by atoms with E-state index in [9.17, 15) is 4.79 Å². The third kappa shape index (κ3) is 2.80. The van der Waals surface area contributed by atoms with Gasteiger partial charge in [-0.25, -0.2) is 0 Å². The summed E-state index contributed by atoms with van der Waals surface area (Å²) >= 11 is 1.73. The summed E-state index contributed by atoms with van der Waals surface area (Å²) in [5.41, 5.74) is 2.37. The zero-order valence-electron chi connectivity index (χ0n) is 13.6. The van der Waals surface area contributed by atoms with Gasteiger partial charge in [-0.05, 0) is 34.9 Å². The molecule has 2 atom stereocenters. The highest BCUT2D eigenvalue weighted by molar-refractivity contribution is 8.01. The predicted molar refractivity (Wildman–Crippen MR) is 101 cm³/mol. The lowest BCUT2D eigenvalue weighted by atomic mass is 10.1. The van der Waals surface area contributed by atoms with Gasteiger partial charge in [0, 0.05) is 6.54 Å². The molecule has 0 N–H and O–H groups in total. The minimum Gasteiger partial charge on any atom is -0.321 e. The fourth-order valence-corrected chi connectivity index (χ4v) is 4.52. The van der Waals surface area contributed by atoms with E-state index in [2.05, 4.69) is 54.6 Å². The Morgan fingerprint density at radius 1 is 0.917 bits per heavy atom. The van der Waals surface area contributed by atoms with Crippen molar-refractivity contribution in [3.63, 3.8) is 0 Å². The molecule has 3 heteroatoms. The SMILES string of the molecule is C[C@H]1S[C@@H](c2ccccc2)N(Cc2ccc3ccccc3c2)C1=O. The lowest BCUT2D eigenvalue weighted by Crippen LogP contribution is -2.29. The van der Waals surface area contributed by atoms with Crippen molar-refractivity contribution < 1.29 is 4.79 Å². The first-order valence-electron chi connectivity index (χ1n) is 8.21. The zero-order valence-corrected chi connectivity index (χ0v) is 14.4. The molecule has 1 saturated heterocycles. The second-order valence-corrected chi connectivity index (χ2v) is 7.61. The Kier molecular flexibility index (Phi) is 4.03. The number of nitrogens with zero attached hydrogens (tertiary/aromatic N) is 1. The molecule has 2 nitrogen and oxygen atoms in total. The molecule has 24 heavy (non-hydrogen) atoms. The second-order valence-electron chi connectivity index (χ2n) is 6.19. The fourth-order valence-electron chi connectivity index (χ4n) is 3.24. The average molecular weight is 333 g/mol. The maximum absolute atomic E-state index is 12.7. The van der Waals surface area contributed by atoms with Crippen molar-refractivity contribution in [2.45, 2.75) is 24.1 Å². The number of hydrogen-bond acceptors (Lipinski definition) is 2. The number of carbonyl (C=O) groups excluding carboxylic acids is 1. The topological polar surface area (TPSA) is 20.3 Å². The summed E-state index contributed by atoms with van der Waals surface area (Å²) in [4.78, 5) is 14.7. The standard InChI is InChI=1S/C21H19NOS/c1-15-20(23)22(21(24-15)18-8-3-2-4-9-18)14-16-11-12-17-7-5-6-10-19(17)13-16/h2-13,15,21H,14H2,1H3/t15-,21+/m1/s1. The van der Waals surface area contributed by atoms with Gasteiger partial charge in [0.2, 0.25) is 5.91 Å². The van der Waals surface area contributed by atoms with Crippen LogP contribution in [0, 0.1) is 0 Å². The van der Waals surface area contributed by atoms with E-state index < -0.39 is 0 Å². The Balaban J connectivity index is 1.66. The van der Waals surface area contributed by atoms with E-state index in [-0.39, 0.29) is 16.5 Å². The number of rotatable bonds is 3. The average Bonchev–Trinajstić information content (AvgIpc) is 2.91. The van der Waals surface area contributed by atoms with E-state index in [1.807, 2.05) is 30.0 Å². The van der Waals surface area contributed by atoms with Crippen molar-refractivity contribution in [3.05, 3.63) is 83.9 Å². The number of fused-ring (bicyclic) bond motifs is 1. The third-order valence-corrected chi connectivity index (χ3v) is 5.89. The van der Waals surface area contributed by atoms with Crippen molar-refractivity contribution in [2.24, 2.45) is 0 Å². The molecule has 1 heterocycles. The Hall–Kier alpha value is -2.26. The van der Waals surface area contributed by atoms with Crippen LogP contribution in [0.3, 0.4) is 0 Å². The fraction of sp³-hybridized carbons (Fsp3) is 0.190. The van der Waals surface area contributed by atoms with Crippen LogP contribution in [0.1, 0.15) is 23.4 Å². The van der Waals surface area contributed by atoms with Gasteiger partial charge in [-0.2, -0.15) is 0 Å². The van der Waals surface area contributed by atoms with E-state index in [1.54, 1.807) is 11.8 Å². The summed E-state index contributed by atoms with van der Waals surface area (Å²) < 4.78 is 0. The Morgan fingerprint density at radius 3 is 2.42 bits per heavy atom. The summed E-state index contributed by atoms with van der Waals surface area (Å²) in [6.07, 6.45) is 0. The molecule has 3 aromatic carbocycles. The molecule has 0 aliphatic carbocycles. The highest BCUT2D eigenvalue weighted by atomic mass is 32.2. The minimum atomic E-state index is 0.00987. The molecule has 1 fully saturated rings. The van der Waals surface area contributed by atoms with E-state index in [1.165, 1.54) is 21.9 Å². The maximum atomic E-state index is 12.7. The first kappa shape index (κ1) is 15.3. The minimum absolute atomic E-state index is 0.00987. The molecular formula is C21H19NOS. The zero-order chi connectivity index (χ0) is 16.5. The molecule has 1 aliphatic heterocycles. The summed E-state index contributed by atoms with van der Waals surface area (Å²) in [6, 6.07) is 25.1. The van der Waals surface area contributed by atoms with Gasteiger partial charge in [0.1, 0.15) is 5.37 Å². The molecule has 1 aliphatic rings. The normalized spacial score (nSPS) is 20.7. The lowest BCUT2D eigenvalue weighted by molar-refractivity contribution is -0.130. The van der Waals surface area contributed by atoms with Crippen molar-refractivity contribution in [1.29, 1.82) is 0 Å². The van der Waals surface area contributed by atoms with Gasteiger partial charge < -0.3 is 4.90 Å². The Bertz CT molecular complexity index is 877. The van der Waals surface area contributed by atoms with E-state index in [0.29, 0.717) is 6.54 Å². The molecule has 0 aromatic heterocycles. The van der Waals surface area contributed by atoms with E-state index in [4.69, 9.17) is 0 Å². The number of hydrogen-bond donors (Lipinski definition) is 0. The Labute approximate surface area is 146 Å². The molecule has 3 aromatic rings. The number of amides is 1. The number of benzene rings is 3. The van der Waals surface area contributed by atoms with Gasteiger partial charge >= 0.3 is 0 Å². The molecule has 0 radical (unpaired) electrons. The number of carbonyl (C=O) groups is 1. The molecule has 120 valence electrons. The van der Waals surface area contributed by atoms with Crippen molar-refractivity contribution in [1.82, 2.24) is 4.90 Å². The Morgan fingerprint density at radius 2 is 1.62 bits per heavy atom. The predicted octanol–water partition coefficient (Wildman–Crippen LogP) is 5.00. The van der Waals surface area contributed by atoms with Crippen LogP contribution in [0.15, 0.2) is 72.8 Å². The molecular weight excluding hydrogens is 314 g/mol. The van der Waals surface area contributed by atoms with Gasteiger partial charge in [-0.15, -0.1) is 11.8 Å². The van der Waals surface area contributed by atoms with Gasteiger partial charge in [0.25, 0.3) is 0 Å². The van der Waals surface area contributed by atoms with Crippen molar-refractivity contribution >= 4 is 28.4 Å². The van der Waals surface area contributed by atoms with Gasteiger partial charge in [-0.1, -0.05) is 66.7 Å². The van der Waals surface area contributed by atoms with Crippen LogP contribution in [0.4, 0.5) is 0 Å². The summed E-state index contributed by atoms with van der Waals surface area (Å²) in [7, 11) is 0. The monoisotopic (exact) mass is 333 g/mol. The van der Waals surface area contributed by atoms with Crippen LogP contribution >= 0.6 is 11.8 Å². The summed E-state index contributed by atoms with van der Waals surface area (Å²) in [5.74, 6) is 0.224.